The molecule has 1 N–H and O–H groups in total. The lowest BCUT2D eigenvalue weighted by Crippen LogP contribution is -2.16. The third kappa shape index (κ3) is 5.24. The Kier molecular flexibility index (Phi) is 5.12. The lowest BCUT2D eigenvalue weighted by atomic mass is 10.3. The van der Waals surface area contributed by atoms with Gasteiger partial charge in [0, 0.05) is 13.0 Å². The summed E-state index contributed by atoms with van der Waals surface area (Å²) in [5.74, 6) is 0.107. The number of allylic oxidation sites excluding steroid dienone is 1. The fraction of sp³-hybridized carbons (Fsp3) is 0.571. The van der Waals surface area contributed by atoms with E-state index in [2.05, 4.69) is 11.9 Å². The number of hydrogen-bond acceptors (Lipinski definition) is 2. The minimum absolute atomic E-state index is 0.107. The van der Waals surface area contributed by atoms with Gasteiger partial charge in [-0.25, -0.2) is 0 Å². The van der Waals surface area contributed by atoms with Gasteiger partial charge in [-0.2, -0.15) is 0 Å². The molecular weight excluding hydrogens is 114 g/mol. The molecular formula is C7H13NO. The van der Waals surface area contributed by atoms with Crippen LogP contribution in [0.15, 0.2) is 12.7 Å². The summed E-state index contributed by atoms with van der Waals surface area (Å²) in [4.78, 5) is 10.5. The Morgan fingerprint density at radius 1 is 1.78 bits per heavy atom. The maximum Gasteiger partial charge on any atom is 0.156 e. The van der Waals surface area contributed by atoms with E-state index in [1.165, 1.54) is 6.08 Å². The fourth-order valence-corrected chi connectivity index (χ4v) is 0.490. The minimum atomic E-state index is 0.107. The van der Waals surface area contributed by atoms with Crippen LogP contribution in [0, 0.1) is 0 Å². The van der Waals surface area contributed by atoms with Gasteiger partial charge < -0.3 is 5.32 Å². The summed E-state index contributed by atoms with van der Waals surface area (Å²) in [7, 11) is 0. The van der Waals surface area contributed by atoms with Gasteiger partial charge in [0.1, 0.15) is 0 Å². The zero-order chi connectivity index (χ0) is 7.11. The monoisotopic (exact) mass is 127 g/mol. The van der Waals surface area contributed by atoms with Crippen LogP contribution in [0.3, 0.4) is 0 Å². The van der Waals surface area contributed by atoms with E-state index in [-0.39, 0.29) is 5.78 Å². The maximum atomic E-state index is 10.5. The molecule has 0 aliphatic carbocycles. The van der Waals surface area contributed by atoms with Gasteiger partial charge in [-0.3, -0.25) is 4.79 Å². The van der Waals surface area contributed by atoms with Crippen molar-refractivity contribution in [2.24, 2.45) is 0 Å². The molecule has 0 aromatic rings. The van der Waals surface area contributed by atoms with Gasteiger partial charge in [-0.1, -0.05) is 13.5 Å². The molecule has 0 saturated carbocycles. The highest BCUT2D eigenvalue weighted by molar-refractivity contribution is 5.89. The van der Waals surface area contributed by atoms with Crippen molar-refractivity contribution >= 4 is 5.78 Å². The van der Waals surface area contributed by atoms with Gasteiger partial charge in [0.15, 0.2) is 5.78 Å². The number of nitrogens with one attached hydrogen (secondary N) is 1. The van der Waals surface area contributed by atoms with Crippen molar-refractivity contribution in [3.05, 3.63) is 12.7 Å². The van der Waals surface area contributed by atoms with Crippen LogP contribution in [-0.4, -0.2) is 18.9 Å². The molecule has 0 heterocycles. The summed E-state index contributed by atoms with van der Waals surface area (Å²) < 4.78 is 0. The first-order valence-electron chi connectivity index (χ1n) is 3.17. The van der Waals surface area contributed by atoms with E-state index in [9.17, 15) is 4.79 Å². The Balaban J connectivity index is 3.07. The maximum absolute atomic E-state index is 10.5. The molecule has 0 fully saturated rings. The summed E-state index contributed by atoms with van der Waals surface area (Å²) in [5.41, 5.74) is 0. The minimum Gasteiger partial charge on any atom is -0.317 e. The van der Waals surface area contributed by atoms with Crippen molar-refractivity contribution in [3.8, 4) is 0 Å². The Bertz CT molecular complexity index is 99.1. The van der Waals surface area contributed by atoms with Crippen LogP contribution < -0.4 is 5.32 Å². The van der Waals surface area contributed by atoms with Crippen molar-refractivity contribution in [1.29, 1.82) is 0 Å². The van der Waals surface area contributed by atoms with Gasteiger partial charge in [0.2, 0.25) is 0 Å². The first-order valence-corrected chi connectivity index (χ1v) is 3.17. The summed E-state index contributed by atoms with van der Waals surface area (Å²) in [6.07, 6.45) is 1.93. The summed E-state index contributed by atoms with van der Waals surface area (Å²) in [6, 6.07) is 0. The topological polar surface area (TPSA) is 29.1 Å². The molecule has 0 aromatic heterocycles. The lowest BCUT2D eigenvalue weighted by molar-refractivity contribution is -0.114. The Morgan fingerprint density at radius 2 is 2.44 bits per heavy atom. The molecule has 52 valence electrons. The number of hydrogen-bond donors (Lipinski definition) is 1. The largest absolute Gasteiger partial charge is 0.317 e. The van der Waals surface area contributed by atoms with E-state index in [4.69, 9.17) is 0 Å². The lowest BCUT2D eigenvalue weighted by Gasteiger charge is -1.95. The van der Waals surface area contributed by atoms with Crippen LogP contribution >= 0.6 is 0 Å². The van der Waals surface area contributed by atoms with Crippen LogP contribution in [-0.2, 0) is 4.79 Å². The van der Waals surface area contributed by atoms with Crippen LogP contribution in [0.5, 0.6) is 0 Å². The van der Waals surface area contributed by atoms with Crippen molar-refractivity contribution in [2.75, 3.05) is 13.1 Å². The zero-order valence-corrected chi connectivity index (χ0v) is 5.81. The second-order valence-corrected chi connectivity index (χ2v) is 1.77. The third-order valence-electron chi connectivity index (χ3n) is 1.03. The molecule has 0 spiro atoms. The number of carbonyl (C=O) groups is 1. The quantitative estimate of drug-likeness (QED) is 0.436. The molecule has 0 atom stereocenters. The van der Waals surface area contributed by atoms with Crippen molar-refractivity contribution in [1.82, 2.24) is 5.32 Å². The van der Waals surface area contributed by atoms with E-state index in [1.807, 2.05) is 6.92 Å². The fourth-order valence-electron chi connectivity index (χ4n) is 0.490. The summed E-state index contributed by atoms with van der Waals surface area (Å²) >= 11 is 0. The SMILES string of the molecule is C=CC(=O)CCNCC. The van der Waals surface area contributed by atoms with Crippen molar-refractivity contribution in [3.63, 3.8) is 0 Å². The van der Waals surface area contributed by atoms with Gasteiger partial charge in [-0.05, 0) is 12.6 Å². The molecule has 0 aromatic carbocycles. The predicted molar refractivity (Wildman–Crippen MR) is 38.4 cm³/mol. The Morgan fingerprint density at radius 3 is 2.89 bits per heavy atom. The van der Waals surface area contributed by atoms with Gasteiger partial charge >= 0.3 is 0 Å². The first-order chi connectivity index (χ1) is 4.31. The summed E-state index contributed by atoms with van der Waals surface area (Å²) in [5, 5.41) is 3.04. The molecule has 2 heteroatoms. The van der Waals surface area contributed by atoms with E-state index in [1.54, 1.807) is 0 Å². The van der Waals surface area contributed by atoms with Crippen molar-refractivity contribution in [2.45, 2.75) is 13.3 Å². The van der Waals surface area contributed by atoms with Crippen LogP contribution in [0.25, 0.3) is 0 Å². The molecule has 0 unspecified atom stereocenters. The summed E-state index contributed by atoms with van der Waals surface area (Å²) in [6.45, 7) is 7.06. The van der Waals surface area contributed by atoms with Crippen molar-refractivity contribution < 1.29 is 4.79 Å². The molecule has 0 amide bonds. The van der Waals surface area contributed by atoms with Crippen LogP contribution in [0.1, 0.15) is 13.3 Å². The van der Waals surface area contributed by atoms with E-state index >= 15 is 0 Å². The smallest absolute Gasteiger partial charge is 0.156 e. The first kappa shape index (κ1) is 8.37. The zero-order valence-electron chi connectivity index (χ0n) is 5.81. The highest BCUT2D eigenvalue weighted by Crippen LogP contribution is 1.79. The van der Waals surface area contributed by atoms with Gasteiger partial charge in [0.25, 0.3) is 0 Å². The molecule has 0 rings (SSSR count). The molecule has 9 heavy (non-hydrogen) atoms. The van der Waals surface area contributed by atoms with Crippen LogP contribution in [0.4, 0.5) is 0 Å². The average Bonchev–Trinajstić information content (AvgIpc) is 1.89. The van der Waals surface area contributed by atoms with E-state index < -0.39 is 0 Å². The van der Waals surface area contributed by atoms with Crippen LogP contribution in [0.2, 0.25) is 0 Å². The standard InChI is InChI=1S/C7H13NO/c1-3-7(9)5-6-8-4-2/h3,8H,1,4-6H2,2H3. The van der Waals surface area contributed by atoms with E-state index in [0.29, 0.717) is 6.42 Å². The van der Waals surface area contributed by atoms with Gasteiger partial charge in [-0.15, -0.1) is 0 Å². The Labute approximate surface area is 56.0 Å². The molecule has 0 saturated heterocycles. The molecule has 0 bridgehead atoms. The highest BCUT2D eigenvalue weighted by Gasteiger charge is 1.91. The van der Waals surface area contributed by atoms with E-state index in [0.717, 1.165) is 13.1 Å². The highest BCUT2D eigenvalue weighted by atomic mass is 16.1. The number of rotatable bonds is 5. The average molecular weight is 127 g/mol. The molecule has 2 nitrogen and oxygen atoms in total. The number of ketones is 1. The Hall–Kier alpha value is -0.630. The predicted octanol–water partition coefficient (Wildman–Crippen LogP) is 0.741. The second kappa shape index (κ2) is 5.51. The third-order valence-corrected chi connectivity index (χ3v) is 1.03. The normalized spacial score (nSPS) is 9.00. The molecule has 0 radical (unpaired) electrons. The second-order valence-electron chi connectivity index (χ2n) is 1.77. The molecule has 0 aliphatic rings. The number of carbonyl (C=O) groups excluding carboxylic acids is 1. The molecule has 0 aliphatic heterocycles. The van der Waals surface area contributed by atoms with Gasteiger partial charge in [0.05, 0.1) is 0 Å².